The molecule has 0 bridgehead atoms. The molecule has 0 aliphatic carbocycles. The number of carbonyl (C=O) groups is 2. The van der Waals surface area contributed by atoms with E-state index in [1.54, 1.807) is 0 Å². The normalized spacial score (nSPS) is 11.7. The molecule has 0 aliphatic heterocycles. The maximum absolute atomic E-state index is 11.2. The summed E-state index contributed by atoms with van der Waals surface area (Å²) in [5, 5.41) is 16.3. The van der Waals surface area contributed by atoms with Crippen molar-refractivity contribution in [2.45, 2.75) is 77.0 Å². The van der Waals surface area contributed by atoms with Crippen molar-refractivity contribution < 1.29 is 14.8 Å². The van der Waals surface area contributed by atoms with Crippen molar-refractivity contribution in [2.24, 2.45) is 10.9 Å². The first kappa shape index (κ1) is 23.9. The molecule has 7 nitrogen and oxygen atoms in total. The minimum absolute atomic E-state index is 0.324. The fourth-order valence-electron chi connectivity index (χ4n) is 2.52. The lowest BCUT2D eigenvalue weighted by Gasteiger charge is -2.02. The first-order chi connectivity index (χ1) is 12.6. The van der Waals surface area contributed by atoms with Gasteiger partial charge in [0.1, 0.15) is 5.84 Å². The average Bonchev–Trinajstić information content (AvgIpc) is 2.66. The minimum Gasteiger partial charge on any atom is -0.409 e. The summed E-state index contributed by atoms with van der Waals surface area (Å²) < 4.78 is 0. The van der Waals surface area contributed by atoms with Gasteiger partial charge in [-0.1, -0.05) is 49.4 Å². The highest BCUT2D eigenvalue weighted by atomic mass is 16.4. The van der Waals surface area contributed by atoms with Crippen LogP contribution >= 0.6 is 0 Å². The van der Waals surface area contributed by atoms with Crippen molar-refractivity contribution >= 4 is 17.6 Å². The molecule has 0 atom stereocenters. The molecule has 0 radical (unpaired) electrons. The van der Waals surface area contributed by atoms with Crippen LogP contribution in [0, 0.1) is 0 Å². The van der Waals surface area contributed by atoms with Gasteiger partial charge in [0.05, 0.1) is 0 Å². The fourth-order valence-corrected chi connectivity index (χ4v) is 2.52. The van der Waals surface area contributed by atoms with E-state index in [0.717, 1.165) is 38.5 Å². The van der Waals surface area contributed by atoms with E-state index in [2.05, 4.69) is 27.9 Å². The Bertz CT molecular complexity index is 437. The van der Waals surface area contributed by atoms with Crippen molar-refractivity contribution in [2.75, 3.05) is 13.6 Å². The van der Waals surface area contributed by atoms with E-state index in [4.69, 9.17) is 10.9 Å². The van der Waals surface area contributed by atoms with Crippen molar-refractivity contribution in [3.63, 3.8) is 0 Å². The van der Waals surface area contributed by atoms with Crippen molar-refractivity contribution in [3.05, 3.63) is 12.2 Å². The quantitative estimate of drug-likeness (QED) is 0.0676. The average molecular weight is 369 g/mol. The Labute approximate surface area is 157 Å². The minimum atomic E-state index is -0.592. The van der Waals surface area contributed by atoms with Gasteiger partial charge < -0.3 is 21.6 Å². The lowest BCUT2D eigenvalue weighted by molar-refractivity contribution is -0.138. The first-order valence-electron chi connectivity index (χ1n) is 9.73. The summed E-state index contributed by atoms with van der Waals surface area (Å²) in [4.78, 5) is 22.2. The zero-order valence-electron chi connectivity index (χ0n) is 16.1. The third kappa shape index (κ3) is 15.5. The second-order valence-electron chi connectivity index (χ2n) is 6.41. The summed E-state index contributed by atoms with van der Waals surface area (Å²) in [6.45, 7) is 0.541. The van der Waals surface area contributed by atoms with Crippen LogP contribution in [0.3, 0.4) is 0 Å². The lowest BCUT2D eigenvalue weighted by atomic mass is 10.1. The van der Waals surface area contributed by atoms with Crippen molar-refractivity contribution in [3.8, 4) is 0 Å². The standard InChI is InChI=1S/C19H36N4O3/c1-21-18(24)19(25)22-16-14-12-10-8-6-4-2-3-5-7-9-11-13-15-17(20)23-26/h6,8,26H,2-5,7,9-16H2,1H3,(H2,20,23)(H,21,24)(H,22,25). The van der Waals surface area contributed by atoms with E-state index in [0.29, 0.717) is 18.8 Å². The number of nitrogens with zero attached hydrogens (tertiary/aromatic N) is 1. The molecule has 0 fully saturated rings. The zero-order chi connectivity index (χ0) is 19.5. The number of oxime groups is 1. The smallest absolute Gasteiger partial charge is 0.309 e. The number of hydrogen-bond acceptors (Lipinski definition) is 4. The highest BCUT2D eigenvalue weighted by Gasteiger charge is 2.08. The number of amidine groups is 1. The number of carbonyl (C=O) groups excluding carboxylic acids is 2. The van der Waals surface area contributed by atoms with Crippen LogP contribution in [0.4, 0.5) is 0 Å². The summed E-state index contributed by atoms with van der Waals surface area (Å²) in [6.07, 6.45) is 17.5. The first-order valence-corrected chi connectivity index (χ1v) is 9.73. The van der Waals surface area contributed by atoms with E-state index >= 15 is 0 Å². The fraction of sp³-hybridized carbons (Fsp3) is 0.737. The largest absolute Gasteiger partial charge is 0.409 e. The van der Waals surface area contributed by atoms with Crippen LogP contribution in [0.1, 0.15) is 77.0 Å². The molecule has 0 aromatic carbocycles. The summed E-state index contributed by atoms with van der Waals surface area (Å²) >= 11 is 0. The van der Waals surface area contributed by atoms with Crippen LogP contribution in [0.2, 0.25) is 0 Å². The molecule has 0 saturated heterocycles. The number of amides is 2. The predicted molar refractivity (Wildman–Crippen MR) is 105 cm³/mol. The molecular weight excluding hydrogens is 332 g/mol. The van der Waals surface area contributed by atoms with Gasteiger partial charge >= 0.3 is 11.8 Å². The van der Waals surface area contributed by atoms with Crippen LogP contribution in [0.25, 0.3) is 0 Å². The molecule has 0 spiro atoms. The lowest BCUT2D eigenvalue weighted by Crippen LogP contribution is -2.38. The van der Waals surface area contributed by atoms with Crippen LogP contribution in [-0.2, 0) is 9.59 Å². The van der Waals surface area contributed by atoms with Crippen LogP contribution < -0.4 is 16.4 Å². The van der Waals surface area contributed by atoms with E-state index in [9.17, 15) is 9.59 Å². The van der Waals surface area contributed by atoms with Gasteiger partial charge in [0.25, 0.3) is 0 Å². The number of rotatable bonds is 15. The Kier molecular flexibility index (Phi) is 16.4. The molecule has 2 amide bonds. The van der Waals surface area contributed by atoms with E-state index in [1.165, 1.54) is 39.2 Å². The highest BCUT2D eigenvalue weighted by Crippen LogP contribution is 2.10. The summed E-state index contributed by atoms with van der Waals surface area (Å²) in [6, 6.07) is 0. The van der Waals surface area contributed by atoms with Crippen molar-refractivity contribution in [1.82, 2.24) is 10.6 Å². The Morgan fingerprint density at radius 3 is 2.00 bits per heavy atom. The second kappa shape index (κ2) is 17.8. The van der Waals surface area contributed by atoms with Crippen LogP contribution in [0.5, 0.6) is 0 Å². The molecule has 0 saturated carbocycles. The zero-order valence-corrected chi connectivity index (χ0v) is 16.1. The molecule has 0 rings (SSSR count). The van der Waals surface area contributed by atoms with Gasteiger partial charge in [-0.3, -0.25) is 9.59 Å². The van der Waals surface area contributed by atoms with E-state index < -0.39 is 11.8 Å². The van der Waals surface area contributed by atoms with Gasteiger partial charge in [-0.15, -0.1) is 0 Å². The summed E-state index contributed by atoms with van der Waals surface area (Å²) in [7, 11) is 1.44. The molecule has 0 aromatic heterocycles. The van der Waals surface area contributed by atoms with E-state index in [-0.39, 0.29) is 0 Å². The Balaban J connectivity index is 3.27. The number of allylic oxidation sites excluding steroid dienone is 2. The Morgan fingerprint density at radius 2 is 1.42 bits per heavy atom. The maximum Gasteiger partial charge on any atom is 0.309 e. The van der Waals surface area contributed by atoms with Gasteiger partial charge in [0.15, 0.2) is 0 Å². The predicted octanol–water partition coefficient (Wildman–Crippen LogP) is 2.83. The van der Waals surface area contributed by atoms with Crippen LogP contribution in [0.15, 0.2) is 17.3 Å². The maximum atomic E-state index is 11.2. The highest BCUT2D eigenvalue weighted by molar-refractivity contribution is 6.34. The molecule has 0 unspecified atom stereocenters. The number of nitrogens with two attached hydrogens (primary N) is 1. The molecular formula is C19H36N4O3. The number of likely N-dealkylation sites (N-methyl/N-ethyl adjacent to an activating group) is 1. The monoisotopic (exact) mass is 368 g/mol. The van der Waals surface area contributed by atoms with Gasteiger partial charge in [-0.2, -0.15) is 0 Å². The topological polar surface area (TPSA) is 117 Å². The molecule has 0 heterocycles. The SMILES string of the molecule is CNC(=O)C(=O)NCCCCC=CCCCCCCCCCC(N)=NO. The number of unbranched alkanes of at least 4 members (excludes halogenated alkanes) is 9. The molecule has 150 valence electrons. The van der Waals surface area contributed by atoms with Gasteiger partial charge in [0.2, 0.25) is 0 Å². The summed E-state index contributed by atoms with van der Waals surface area (Å²) in [5.74, 6) is -0.831. The molecule has 0 aromatic rings. The van der Waals surface area contributed by atoms with Gasteiger partial charge in [-0.25, -0.2) is 0 Å². The number of nitrogens with one attached hydrogen (secondary N) is 2. The van der Waals surface area contributed by atoms with Crippen molar-refractivity contribution in [1.29, 1.82) is 0 Å². The molecule has 0 aliphatic rings. The third-order valence-corrected chi connectivity index (χ3v) is 4.12. The molecule has 5 N–H and O–H groups in total. The third-order valence-electron chi connectivity index (χ3n) is 4.12. The summed E-state index contributed by atoms with van der Waals surface area (Å²) in [5.41, 5.74) is 5.42. The molecule has 26 heavy (non-hydrogen) atoms. The molecule has 7 heteroatoms. The van der Waals surface area contributed by atoms with Gasteiger partial charge in [-0.05, 0) is 38.5 Å². The number of hydrogen-bond donors (Lipinski definition) is 4. The Hall–Kier alpha value is -2.05. The Morgan fingerprint density at radius 1 is 0.885 bits per heavy atom. The van der Waals surface area contributed by atoms with Crippen LogP contribution in [-0.4, -0.2) is 36.4 Å². The second-order valence-corrected chi connectivity index (χ2v) is 6.41. The van der Waals surface area contributed by atoms with Gasteiger partial charge in [0, 0.05) is 20.0 Å². The van der Waals surface area contributed by atoms with E-state index in [1.807, 2.05) is 0 Å².